The molecule has 0 fully saturated rings. The summed E-state index contributed by atoms with van der Waals surface area (Å²) in [5.41, 5.74) is 12.0. The predicted molar refractivity (Wildman–Crippen MR) is 83.4 cm³/mol. The molecule has 0 saturated carbocycles. The van der Waals surface area contributed by atoms with Crippen molar-refractivity contribution in [1.82, 2.24) is 4.31 Å². The van der Waals surface area contributed by atoms with Crippen LogP contribution in [0.2, 0.25) is 0 Å². The van der Waals surface area contributed by atoms with Crippen LogP contribution in [0.4, 0.5) is 11.4 Å². The molecule has 7 nitrogen and oxygen atoms in total. The number of hydrogen-bond donors (Lipinski definition) is 2. The first-order valence-electron chi connectivity index (χ1n) is 6.44. The summed E-state index contributed by atoms with van der Waals surface area (Å²) in [5, 5.41) is 0. The lowest BCUT2D eigenvalue weighted by Crippen LogP contribution is -2.39. The maximum absolute atomic E-state index is 12.2. The molecule has 0 radical (unpaired) electrons. The van der Waals surface area contributed by atoms with Crippen LogP contribution < -0.4 is 16.4 Å². The summed E-state index contributed by atoms with van der Waals surface area (Å²) in [6.07, 6.45) is 0. The highest BCUT2D eigenvalue weighted by atomic mass is 32.2. The Morgan fingerprint density at radius 1 is 1.29 bits per heavy atom. The average molecular weight is 314 g/mol. The molecule has 1 aromatic rings. The molecule has 0 aliphatic carbocycles. The minimum Gasteiger partial charge on any atom is -0.397 e. The minimum absolute atomic E-state index is 0.0344. The molecule has 0 aliphatic rings. The standard InChI is InChI=1S/C13H22N4O3S/c1-9(2)17(8-13(15)18)12-7-10(5-6-11(12)14)21(19,20)16(3)4/h5-7,9H,8,14H2,1-4H3,(H2,15,18). The molecule has 0 unspecified atom stereocenters. The molecular formula is C13H22N4O3S. The third-order valence-electron chi connectivity index (χ3n) is 3.04. The van der Waals surface area contributed by atoms with Crippen LogP contribution in [-0.2, 0) is 14.8 Å². The van der Waals surface area contributed by atoms with Gasteiger partial charge < -0.3 is 16.4 Å². The molecule has 0 bridgehead atoms. The van der Waals surface area contributed by atoms with Crippen molar-refractivity contribution in [2.24, 2.45) is 5.73 Å². The van der Waals surface area contributed by atoms with Gasteiger partial charge in [-0.15, -0.1) is 0 Å². The molecule has 21 heavy (non-hydrogen) atoms. The zero-order valence-electron chi connectivity index (χ0n) is 12.7. The van der Waals surface area contributed by atoms with Gasteiger partial charge >= 0.3 is 0 Å². The van der Waals surface area contributed by atoms with Crippen LogP contribution in [0.5, 0.6) is 0 Å². The number of hydrogen-bond acceptors (Lipinski definition) is 5. The first-order chi connectivity index (χ1) is 9.57. The van der Waals surface area contributed by atoms with E-state index in [0.29, 0.717) is 11.4 Å². The maximum Gasteiger partial charge on any atom is 0.242 e. The Kier molecular flexibility index (Phi) is 5.19. The molecule has 1 amide bonds. The van der Waals surface area contributed by atoms with E-state index in [1.807, 2.05) is 13.8 Å². The zero-order chi connectivity index (χ0) is 16.4. The minimum atomic E-state index is -3.57. The van der Waals surface area contributed by atoms with Crippen LogP contribution in [0.1, 0.15) is 13.8 Å². The van der Waals surface area contributed by atoms with Gasteiger partial charge in [0.2, 0.25) is 15.9 Å². The van der Waals surface area contributed by atoms with Crippen molar-refractivity contribution in [2.75, 3.05) is 31.3 Å². The molecule has 0 spiro atoms. The lowest BCUT2D eigenvalue weighted by atomic mass is 10.2. The molecule has 4 N–H and O–H groups in total. The highest BCUT2D eigenvalue weighted by Gasteiger charge is 2.22. The highest BCUT2D eigenvalue weighted by molar-refractivity contribution is 7.89. The molecule has 0 heterocycles. The molecule has 0 aliphatic heterocycles. The summed E-state index contributed by atoms with van der Waals surface area (Å²) in [6, 6.07) is 4.37. The molecule has 1 rings (SSSR count). The first kappa shape index (κ1) is 17.3. The number of nitrogens with zero attached hydrogens (tertiary/aromatic N) is 2. The van der Waals surface area contributed by atoms with Gasteiger partial charge in [-0.05, 0) is 32.0 Å². The summed E-state index contributed by atoms with van der Waals surface area (Å²) >= 11 is 0. The van der Waals surface area contributed by atoms with Crippen molar-refractivity contribution in [2.45, 2.75) is 24.8 Å². The SMILES string of the molecule is CC(C)N(CC(N)=O)c1cc(S(=O)(=O)N(C)C)ccc1N. The van der Waals surface area contributed by atoms with E-state index < -0.39 is 15.9 Å². The second-order valence-corrected chi connectivity index (χ2v) is 7.35. The Labute approximate surface area is 125 Å². The number of carbonyl (C=O) groups is 1. The van der Waals surface area contributed by atoms with Gasteiger partial charge in [-0.1, -0.05) is 0 Å². The van der Waals surface area contributed by atoms with E-state index in [1.165, 1.54) is 32.3 Å². The van der Waals surface area contributed by atoms with Gasteiger partial charge in [0, 0.05) is 20.1 Å². The smallest absolute Gasteiger partial charge is 0.242 e. The summed E-state index contributed by atoms with van der Waals surface area (Å²) in [4.78, 5) is 13.0. The summed E-state index contributed by atoms with van der Waals surface area (Å²) in [6.45, 7) is 3.71. The van der Waals surface area contributed by atoms with Crippen LogP contribution in [0, 0.1) is 0 Å². The van der Waals surface area contributed by atoms with Gasteiger partial charge in [-0.3, -0.25) is 4.79 Å². The fourth-order valence-corrected chi connectivity index (χ4v) is 2.78. The van der Waals surface area contributed by atoms with Gasteiger partial charge in [-0.25, -0.2) is 12.7 Å². The Bertz CT molecular complexity index is 626. The van der Waals surface area contributed by atoms with Crippen LogP contribution in [0.3, 0.4) is 0 Å². The average Bonchev–Trinajstić information content (AvgIpc) is 2.35. The lowest BCUT2D eigenvalue weighted by Gasteiger charge is -2.29. The van der Waals surface area contributed by atoms with Crippen LogP contribution in [-0.4, -0.2) is 45.3 Å². The van der Waals surface area contributed by atoms with E-state index >= 15 is 0 Å². The second kappa shape index (κ2) is 6.31. The summed E-state index contributed by atoms with van der Waals surface area (Å²) < 4.78 is 25.5. The molecular weight excluding hydrogens is 292 g/mol. The Hall–Kier alpha value is -1.80. The van der Waals surface area contributed by atoms with E-state index in [2.05, 4.69) is 0 Å². The number of nitrogens with two attached hydrogens (primary N) is 2. The Morgan fingerprint density at radius 3 is 2.29 bits per heavy atom. The van der Waals surface area contributed by atoms with Crippen LogP contribution >= 0.6 is 0 Å². The molecule has 118 valence electrons. The van der Waals surface area contributed by atoms with Crippen molar-refractivity contribution in [3.8, 4) is 0 Å². The van der Waals surface area contributed by atoms with Crippen molar-refractivity contribution < 1.29 is 13.2 Å². The molecule has 8 heteroatoms. The van der Waals surface area contributed by atoms with Crippen LogP contribution in [0.25, 0.3) is 0 Å². The van der Waals surface area contributed by atoms with Gasteiger partial charge in [0.05, 0.1) is 22.8 Å². The number of primary amides is 1. The lowest BCUT2D eigenvalue weighted by molar-refractivity contribution is -0.116. The molecule has 0 atom stereocenters. The van der Waals surface area contributed by atoms with Crippen molar-refractivity contribution in [3.63, 3.8) is 0 Å². The summed E-state index contributed by atoms with van der Waals surface area (Å²) in [5.74, 6) is -0.510. The van der Waals surface area contributed by atoms with Crippen molar-refractivity contribution in [1.29, 1.82) is 0 Å². The molecule has 0 aromatic heterocycles. The van der Waals surface area contributed by atoms with Gasteiger partial charge in [0.25, 0.3) is 0 Å². The highest BCUT2D eigenvalue weighted by Crippen LogP contribution is 2.29. The molecule has 1 aromatic carbocycles. The van der Waals surface area contributed by atoms with E-state index in [-0.39, 0.29) is 17.5 Å². The summed E-state index contributed by atoms with van der Waals surface area (Å²) in [7, 11) is -0.662. The zero-order valence-corrected chi connectivity index (χ0v) is 13.5. The van der Waals surface area contributed by atoms with Gasteiger partial charge in [0.1, 0.15) is 0 Å². The fraction of sp³-hybridized carbons (Fsp3) is 0.462. The third kappa shape index (κ3) is 3.85. The largest absolute Gasteiger partial charge is 0.397 e. The predicted octanol–water partition coefficient (Wildman–Crippen LogP) is 0.219. The Morgan fingerprint density at radius 2 is 1.86 bits per heavy atom. The number of anilines is 2. The first-order valence-corrected chi connectivity index (χ1v) is 7.88. The number of rotatable bonds is 6. The number of amides is 1. The number of benzene rings is 1. The maximum atomic E-state index is 12.2. The Balaban J connectivity index is 3.39. The van der Waals surface area contributed by atoms with Crippen molar-refractivity contribution >= 4 is 27.3 Å². The quantitative estimate of drug-likeness (QED) is 0.730. The van der Waals surface area contributed by atoms with Gasteiger partial charge in [0.15, 0.2) is 0 Å². The van der Waals surface area contributed by atoms with E-state index in [9.17, 15) is 13.2 Å². The number of nitrogen functional groups attached to an aromatic ring is 1. The fourth-order valence-electron chi connectivity index (χ4n) is 1.86. The van der Waals surface area contributed by atoms with E-state index in [4.69, 9.17) is 11.5 Å². The topological polar surface area (TPSA) is 110 Å². The van der Waals surface area contributed by atoms with E-state index in [1.54, 1.807) is 4.90 Å². The second-order valence-electron chi connectivity index (χ2n) is 5.20. The molecule has 0 saturated heterocycles. The van der Waals surface area contributed by atoms with Crippen molar-refractivity contribution in [3.05, 3.63) is 18.2 Å². The van der Waals surface area contributed by atoms with E-state index in [0.717, 1.165) is 4.31 Å². The number of sulfonamides is 1. The number of carbonyl (C=O) groups excluding carboxylic acids is 1. The third-order valence-corrected chi connectivity index (χ3v) is 4.85. The van der Waals surface area contributed by atoms with Gasteiger partial charge in [-0.2, -0.15) is 0 Å². The van der Waals surface area contributed by atoms with Crippen LogP contribution in [0.15, 0.2) is 23.1 Å². The monoisotopic (exact) mass is 314 g/mol. The normalized spacial score (nSPS) is 11.9.